The summed E-state index contributed by atoms with van der Waals surface area (Å²) in [6, 6.07) is 0. The fourth-order valence-electron chi connectivity index (χ4n) is 4.06. The van der Waals surface area contributed by atoms with E-state index in [0.29, 0.717) is 23.5 Å². The number of amides is 1. The molecular weight excluding hydrogens is 288 g/mol. The van der Waals surface area contributed by atoms with Crippen molar-refractivity contribution in [2.45, 2.75) is 54.4 Å². The molecule has 2 aliphatic heterocycles. The van der Waals surface area contributed by atoms with Crippen LogP contribution in [0.15, 0.2) is 0 Å². The molecule has 134 valence electrons. The quantitative estimate of drug-likeness (QED) is 0.801. The van der Waals surface area contributed by atoms with Crippen molar-refractivity contribution in [3.05, 3.63) is 0 Å². The van der Waals surface area contributed by atoms with Crippen LogP contribution in [-0.2, 0) is 9.59 Å². The Kier molecular flexibility index (Phi) is 8.24. The van der Waals surface area contributed by atoms with E-state index in [2.05, 4.69) is 11.8 Å². The zero-order valence-electron chi connectivity index (χ0n) is 16.0. The van der Waals surface area contributed by atoms with E-state index in [-0.39, 0.29) is 11.8 Å². The maximum atomic E-state index is 12.5. The molecule has 2 unspecified atom stereocenters. The van der Waals surface area contributed by atoms with Crippen molar-refractivity contribution in [3.8, 4) is 0 Å². The van der Waals surface area contributed by atoms with Gasteiger partial charge in [0.2, 0.25) is 5.91 Å². The van der Waals surface area contributed by atoms with Gasteiger partial charge in [-0.05, 0) is 51.2 Å². The lowest BCUT2D eigenvalue weighted by molar-refractivity contribution is -0.137. The van der Waals surface area contributed by atoms with Crippen molar-refractivity contribution in [2.75, 3.05) is 32.7 Å². The summed E-state index contributed by atoms with van der Waals surface area (Å²) in [7, 11) is 0. The van der Waals surface area contributed by atoms with Gasteiger partial charge in [-0.3, -0.25) is 9.59 Å². The van der Waals surface area contributed by atoms with Crippen LogP contribution >= 0.6 is 0 Å². The summed E-state index contributed by atoms with van der Waals surface area (Å²) >= 11 is 0. The molecule has 23 heavy (non-hydrogen) atoms. The summed E-state index contributed by atoms with van der Waals surface area (Å²) < 4.78 is 0. The highest BCUT2D eigenvalue weighted by Gasteiger charge is 2.59. The lowest BCUT2D eigenvalue weighted by Crippen LogP contribution is -2.42. The Morgan fingerprint density at radius 1 is 0.957 bits per heavy atom. The van der Waals surface area contributed by atoms with Crippen molar-refractivity contribution in [1.29, 1.82) is 0 Å². The molecule has 1 saturated carbocycles. The van der Waals surface area contributed by atoms with E-state index in [0.717, 1.165) is 45.6 Å². The van der Waals surface area contributed by atoms with Crippen molar-refractivity contribution in [3.63, 3.8) is 0 Å². The van der Waals surface area contributed by atoms with E-state index in [1.54, 1.807) is 6.92 Å². The van der Waals surface area contributed by atoms with Gasteiger partial charge in [-0.25, -0.2) is 0 Å². The lowest BCUT2D eigenvalue weighted by Gasteiger charge is -2.33. The zero-order chi connectivity index (χ0) is 17.6. The van der Waals surface area contributed by atoms with Gasteiger partial charge in [0.05, 0.1) is 0 Å². The first-order chi connectivity index (χ1) is 11.1. The Morgan fingerprint density at radius 3 is 1.83 bits per heavy atom. The van der Waals surface area contributed by atoms with Crippen LogP contribution in [0.5, 0.6) is 0 Å². The van der Waals surface area contributed by atoms with E-state index in [4.69, 9.17) is 0 Å². The average molecular weight is 325 g/mol. The maximum absolute atomic E-state index is 12.5. The predicted molar refractivity (Wildman–Crippen MR) is 95.3 cm³/mol. The fraction of sp³-hybridized carbons (Fsp3) is 0.895. The van der Waals surface area contributed by atoms with Gasteiger partial charge in [-0.2, -0.15) is 0 Å². The summed E-state index contributed by atoms with van der Waals surface area (Å²) in [6.45, 7) is 16.7. The summed E-state index contributed by atoms with van der Waals surface area (Å²) in [6.07, 6.45) is 2.02. The van der Waals surface area contributed by atoms with E-state index in [9.17, 15) is 9.59 Å². The second-order valence-electron chi connectivity index (χ2n) is 6.42. The standard InChI is InChI=1S/C15H24N2O2.2C2H6/c1-3-16-6-4-11(5-7-16)15(19)17-8-12-13(9-17)14(12)10(2)18;2*1-2/h11-14H,3-9H2,1-2H3;2*1-2H3. The Hall–Kier alpha value is -0.900. The maximum Gasteiger partial charge on any atom is 0.225 e. The second-order valence-corrected chi connectivity index (χ2v) is 6.42. The van der Waals surface area contributed by atoms with E-state index in [1.807, 2.05) is 32.6 Å². The first kappa shape index (κ1) is 20.1. The number of nitrogens with zero attached hydrogens (tertiary/aromatic N) is 2. The van der Waals surface area contributed by atoms with Gasteiger partial charge < -0.3 is 9.80 Å². The number of Topliss-reactive ketones (excluding diaryl/α,β-unsaturated/α-hetero) is 1. The minimum Gasteiger partial charge on any atom is -0.342 e. The molecule has 2 heterocycles. The molecule has 0 spiro atoms. The number of hydrogen-bond acceptors (Lipinski definition) is 3. The van der Waals surface area contributed by atoms with Crippen LogP contribution in [0.25, 0.3) is 0 Å². The SMILES string of the molecule is CC.CC.CCN1CCC(C(=O)N2CC3C(C2)C3C(C)=O)CC1. The van der Waals surface area contributed by atoms with Gasteiger partial charge in [0.15, 0.2) is 0 Å². The third kappa shape index (κ3) is 4.56. The molecule has 3 rings (SSSR count). The van der Waals surface area contributed by atoms with Crippen LogP contribution in [0, 0.1) is 23.7 Å². The van der Waals surface area contributed by atoms with Gasteiger partial charge in [0, 0.05) is 24.9 Å². The van der Waals surface area contributed by atoms with Gasteiger partial charge >= 0.3 is 0 Å². The highest BCUT2D eigenvalue weighted by atomic mass is 16.2. The molecule has 0 N–H and O–H groups in total. The van der Waals surface area contributed by atoms with Gasteiger partial charge in [-0.1, -0.05) is 34.6 Å². The molecule has 0 aromatic rings. The van der Waals surface area contributed by atoms with Crippen molar-refractivity contribution in [2.24, 2.45) is 23.7 Å². The molecule has 0 bridgehead atoms. The highest BCUT2D eigenvalue weighted by molar-refractivity contribution is 5.84. The van der Waals surface area contributed by atoms with E-state index < -0.39 is 0 Å². The third-order valence-electron chi connectivity index (χ3n) is 5.36. The van der Waals surface area contributed by atoms with Gasteiger partial charge in [-0.15, -0.1) is 0 Å². The molecule has 0 radical (unpaired) electrons. The van der Waals surface area contributed by atoms with Crippen molar-refractivity contribution >= 4 is 11.7 Å². The molecule has 2 atom stereocenters. The molecule has 3 aliphatic rings. The van der Waals surface area contributed by atoms with Crippen LogP contribution in [0.3, 0.4) is 0 Å². The largest absolute Gasteiger partial charge is 0.342 e. The Labute approximate surface area is 142 Å². The number of ketones is 1. The molecular formula is C19H36N2O2. The van der Waals surface area contributed by atoms with Crippen LogP contribution < -0.4 is 0 Å². The van der Waals surface area contributed by atoms with Crippen molar-refractivity contribution in [1.82, 2.24) is 9.80 Å². The summed E-state index contributed by atoms with van der Waals surface area (Å²) in [5.41, 5.74) is 0. The second kappa shape index (κ2) is 9.41. The van der Waals surface area contributed by atoms with E-state index >= 15 is 0 Å². The van der Waals surface area contributed by atoms with Crippen LogP contribution in [0.1, 0.15) is 54.4 Å². The molecule has 0 aromatic heterocycles. The van der Waals surface area contributed by atoms with E-state index in [1.165, 1.54) is 0 Å². The molecule has 2 saturated heterocycles. The molecule has 3 fully saturated rings. The summed E-state index contributed by atoms with van der Waals surface area (Å²) in [5, 5.41) is 0. The molecule has 1 amide bonds. The molecule has 4 nitrogen and oxygen atoms in total. The third-order valence-corrected chi connectivity index (χ3v) is 5.36. The first-order valence-electron chi connectivity index (χ1n) is 9.63. The number of carbonyl (C=O) groups excluding carboxylic acids is 2. The van der Waals surface area contributed by atoms with Gasteiger partial charge in [0.25, 0.3) is 0 Å². The Bertz CT molecular complexity index is 377. The smallest absolute Gasteiger partial charge is 0.225 e. The van der Waals surface area contributed by atoms with Crippen LogP contribution in [0.4, 0.5) is 0 Å². The lowest BCUT2D eigenvalue weighted by atomic mass is 9.95. The number of rotatable bonds is 3. The number of hydrogen-bond donors (Lipinski definition) is 0. The molecule has 1 aliphatic carbocycles. The van der Waals surface area contributed by atoms with Crippen LogP contribution in [-0.4, -0.2) is 54.2 Å². The summed E-state index contributed by atoms with van der Waals surface area (Å²) in [5.74, 6) is 2.14. The Balaban J connectivity index is 0.000000615. The monoisotopic (exact) mass is 324 g/mol. The highest BCUT2D eigenvalue weighted by Crippen LogP contribution is 2.52. The molecule has 4 heteroatoms. The minimum absolute atomic E-state index is 0.232. The minimum atomic E-state index is 0.232. The zero-order valence-corrected chi connectivity index (χ0v) is 16.0. The predicted octanol–water partition coefficient (Wildman–Crippen LogP) is 3.06. The number of fused-ring (bicyclic) bond motifs is 1. The Morgan fingerprint density at radius 2 is 1.43 bits per heavy atom. The first-order valence-corrected chi connectivity index (χ1v) is 9.63. The number of piperidine rings is 2. The topological polar surface area (TPSA) is 40.6 Å². The van der Waals surface area contributed by atoms with Crippen molar-refractivity contribution < 1.29 is 9.59 Å². The van der Waals surface area contributed by atoms with Gasteiger partial charge in [0.1, 0.15) is 5.78 Å². The number of likely N-dealkylation sites (tertiary alicyclic amines) is 2. The average Bonchev–Trinajstić information content (AvgIpc) is 3.13. The number of carbonyl (C=O) groups is 2. The normalized spacial score (nSPS) is 29.7. The van der Waals surface area contributed by atoms with Crippen LogP contribution in [0.2, 0.25) is 0 Å². The summed E-state index contributed by atoms with van der Waals surface area (Å²) in [4.78, 5) is 28.3. The fourth-order valence-corrected chi connectivity index (χ4v) is 4.06. The molecule has 0 aromatic carbocycles.